The molecular weight excluding hydrogens is 176 g/mol. The number of primary amides is 1. The first-order valence-corrected chi connectivity index (χ1v) is 5.61. The number of hydrogen-bond acceptors (Lipinski definition) is 2. The van der Waals surface area contributed by atoms with Crippen molar-refractivity contribution in [2.45, 2.75) is 45.4 Å². The fraction of sp³-hybridized carbons (Fsp3) is 0.909. The third-order valence-electron chi connectivity index (χ3n) is 3.16. The lowest BCUT2D eigenvalue weighted by Crippen LogP contribution is -2.35. The molecule has 0 aromatic carbocycles. The Hall–Kier alpha value is -0.570. The zero-order valence-corrected chi connectivity index (χ0v) is 9.14. The van der Waals surface area contributed by atoms with Crippen LogP contribution in [-0.4, -0.2) is 19.0 Å². The molecule has 3 N–H and O–H groups in total. The minimum Gasteiger partial charge on any atom is -0.370 e. The summed E-state index contributed by atoms with van der Waals surface area (Å²) in [5.74, 6) is -0.216. The van der Waals surface area contributed by atoms with Gasteiger partial charge in [-0.1, -0.05) is 26.2 Å². The molecule has 0 atom stereocenters. The lowest BCUT2D eigenvalue weighted by molar-refractivity contribution is -0.117. The average Bonchev–Trinajstić information content (AvgIpc) is 2.14. The zero-order valence-electron chi connectivity index (χ0n) is 9.14. The van der Waals surface area contributed by atoms with Gasteiger partial charge in [0.2, 0.25) is 5.91 Å². The van der Waals surface area contributed by atoms with Crippen LogP contribution in [0.3, 0.4) is 0 Å². The number of hydrogen-bond donors (Lipinski definition) is 2. The molecule has 0 aromatic heterocycles. The van der Waals surface area contributed by atoms with Crippen molar-refractivity contribution in [2.75, 3.05) is 13.1 Å². The molecule has 0 aromatic rings. The Balaban J connectivity index is 2.12. The van der Waals surface area contributed by atoms with Crippen LogP contribution in [0.2, 0.25) is 0 Å². The predicted molar refractivity (Wildman–Crippen MR) is 57.9 cm³/mol. The first-order chi connectivity index (χ1) is 6.62. The predicted octanol–water partition coefficient (Wildman–Crippen LogP) is 1.42. The molecule has 0 saturated heterocycles. The van der Waals surface area contributed by atoms with Crippen LogP contribution in [0.1, 0.15) is 45.4 Å². The monoisotopic (exact) mass is 198 g/mol. The molecule has 1 aliphatic carbocycles. The summed E-state index contributed by atoms with van der Waals surface area (Å²) in [6.07, 6.45) is 7.18. The van der Waals surface area contributed by atoms with Crippen LogP contribution in [-0.2, 0) is 4.79 Å². The summed E-state index contributed by atoms with van der Waals surface area (Å²) in [6, 6.07) is 0. The minimum absolute atomic E-state index is 0.216. The molecule has 1 aliphatic rings. The fourth-order valence-electron chi connectivity index (χ4n) is 2.18. The van der Waals surface area contributed by atoms with Crippen molar-refractivity contribution in [3.05, 3.63) is 0 Å². The Labute approximate surface area is 86.4 Å². The van der Waals surface area contributed by atoms with Gasteiger partial charge in [0.25, 0.3) is 0 Å². The van der Waals surface area contributed by atoms with Crippen molar-refractivity contribution in [3.63, 3.8) is 0 Å². The highest BCUT2D eigenvalue weighted by atomic mass is 16.1. The van der Waals surface area contributed by atoms with Crippen LogP contribution < -0.4 is 11.1 Å². The van der Waals surface area contributed by atoms with Crippen molar-refractivity contribution in [1.29, 1.82) is 0 Å². The Morgan fingerprint density at radius 1 is 1.36 bits per heavy atom. The lowest BCUT2D eigenvalue weighted by atomic mass is 9.76. The second-order valence-corrected chi connectivity index (χ2v) is 4.76. The van der Waals surface area contributed by atoms with Crippen LogP contribution in [0.4, 0.5) is 0 Å². The maximum Gasteiger partial charge on any atom is 0.218 e. The number of carbonyl (C=O) groups excluding carboxylic acids is 1. The normalized spacial score (nSPS) is 20.6. The van der Waals surface area contributed by atoms with E-state index in [-0.39, 0.29) is 5.91 Å². The average molecular weight is 198 g/mol. The Morgan fingerprint density at radius 2 is 2.00 bits per heavy atom. The van der Waals surface area contributed by atoms with Crippen LogP contribution in [0.25, 0.3) is 0 Å². The van der Waals surface area contributed by atoms with Crippen molar-refractivity contribution in [3.8, 4) is 0 Å². The van der Waals surface area contributed by atoms with E-state index in [9.17, 15) is 4.79 Å². The van der Waals surface area contributed by atoms with Gasteiger partial charge in [0.05, 0.1) is 0 Å². The van der Waals surface area contributed by atoms with Crippen molar-refractivity contribution in [2.24, 2.45) is 11.1 Å². The molecule has 0 radical (unpaired) electrons. The number of nitrogens with one attached hydrogen (secondary N) is 1. The van der Waals surface area contributed by atoms with Gasteiger partial charge >= 0.3 is 0 Å². The number of amides is 1. The summed E-state index contributed by atoms with van der Waals surface area (Å²) >= 11 is 0. The van der Waals surface area contributed by atoms with E-state index >= 15 is 0 Å². The topological polar surface area (TPSA) is 55.1 Å². The van der Waals surface area contributed by atoms with E-state index in [1.165, 1.54) is 32.1 Å². The highest BCUT2D eigenvalue weighted by Gasteiger charge is 2.25. The molecule has 3 nitrogen and oxygen atoms in total. The van der Waals surface area contributed by atoms with Gasteiger partial charge in [-0.05, 0) is 18.3 Å². The van der Waals surface area contributed by atoms with E-state index in [0.29, 0.717) is 11.8 Å². The minimum atomic E-state index is -0.216. The van der Waals surface area contributed by atoms with Crippen LogP contribution in [0.15, 0.2) is 0 Å². The molecule has 0 heterocycles. The fourth-order valence-corrected chi connectivity index (χ4v) is 2.18. The summed E-state index contributed by atoms with van der Waals surface area (Å²) in [5, 5.41) is 3.33. The zero-order chi connectivity index (χ0) is 10.4. The van der Waals surface area contributed by atoms with Gasteiger partial charge in [0.1, 0.15) is 0 Å². The molecule has 0 spiro atoms. The van der Waals surface area contributed by atoms with E-state index in [2.05, 4.69) is 12.2 Å². The Morgan fingerprint density at radius 3 is 2.57 bits per heavy atom. The second kappa shape index (κ2) is 5.35. The third kappa shape index (κ3) is 4.09. The van der Waals surface area contributed by atoms with E-state index in [4.69, 9.17) is 5.73 Å². The molecule has 1 saturated carbocycles. The number of rotatable bonds is 5. The summed E-state index contributed by atoms with van der Waals surface area (Å²) in [7, 11) is 0. The molecule has 0 aliphatic heterocycles. The smallest absolute Gasteiger partial charge is 0.218 e. The Kier molecular flexibility index (Phi) is 4.39. The van der Waals surface area contributed by atoms with Gasteiger partial charge in [0, 0.05) is 19.5 Å². The molecule has 1 fully saturated rings. The van der Waals surface area contributed by atoms with E-state index in [1.54, 1.807) is 0 Å². The Bertz CT molecular complexity index is 186. The van der Waals surface area contributed by atoms with Crippen LogP contribution >= 0.6 is 0 Å². The summed E-state index contributed by atoms with van der Waals surface area (Å²) in [6.45, 7) is 4.09. The SMILES string of the molecule is CC1(CNCCC(N)=O)CCCCC1. The van der Waals surface area contributed by atoms with Crippen molar-refractivity contribution >= 4 is 5.91 Å². The first-order valence-electron chi connectivity index (χ1n) is 5.61. The molecule has 3 heteroatoms. The van der Waals surface area contributed by atoms with Crippen LogP contribution in [0.5, 0.6) is 0 Å². The molecular formula is C11H22N2O. The molecule has 1 amide bonds. The standard InChI is InChI=1S/C11H22N2O/c1-11(6-3-2-4-7-11)9-13-8-5-10(12)14/h13H,2-9H2,1H3,(H2,12,14). The highest BCUT2D eigenvalue weighted by Crippen LogP contribution is 2.34. The molecule has 14 heavy (non-hydrogen) atoms. The van der Waals surface area contributed by atoms with Crippen LogP contribution in [0, 0.1) is 5.41 Å². The first kappa shape index (κ1) is 11.5. The largest absolute Gasteiger partial charge is 0.370 e. The van der Waals surface area contributed by atoms with E-state index < -0.39 is 0 Å². The van der Waals surface area contributed by atoms with Gasteiger partial charge in [-0.25, -0.2) is 0 Å². The lowest BCUT2D eigenvalue weighted by Gasteiger charge is -2.33. The van der Waals surface area contributed by atoms with Gasteiger partial charge in [0.15, 0.2) is 0 Å². The quantitative estimate of drug-likeness (QED) is 0.656. The molecule has 0 bridgehead atoms. The van der Waals surface area contributed by atoms with Crippen molar-refractivity contribution < 1.29 is 4.79 Å². The third-order valence-corrected chi connectivity index (χ3v) is 3.16. The van der Waals surface area contributed by atoms with Gasteiger partial charge in [-0.2, -0.15) is 0 Å². The van der Waals surface area contributed by atoms with Gasteiger partial charge in [-0.15, -0.1) is 0 Å². The maximum absolute atomic E-state index is 10.5. The highest BCUT2D eigenvalue weighted by molar-refractivity contribution is 5.73. The van der Waals surface area contributed by atoms with Gasteiger partial charge < -0.3 is 11.1 Å². The van der Waals surface area contributed by atoms with Gasteiger partial charge in [-0.3, -0.25) is 4.79 Å². The molecule has 0 unspecified atom stereocenters. The summed E-state index contributed by atoms with van der Waals surface area (Å²) < 4.78 is 0. The second-order valence-electron chi connectivity index (χ2n) is 4.76. The summed E-state index contributed by atoms with van der Waals surface area (Å²) in [4.78, 5) is 10.5. The van der Waals surface area contributed by atoms with E-state index in [1.807, 2.05) is 0 Å². The maximum atomic E-state index is 10.5. The van der Waals surface area contributed by atoms with Crippen molar-refractivity contribution in [1.82, 2.24) is 5.32 Å². The molecule has 82 valence electrons. The molecule has 1 rings (SSSR count). The number of carbonyl (C=O) groups is 1. The summed E-state index contributed by atoms with van der Waals surface area (Å²) in [5.41, 5.74) is 5.52. The number of nitrogens with two attached hydrogens (primary N) is 1. The van der Waals surface area contributed by atoms with E-state index in [0.717, 1.165) is 13.1 Å².